The van der Waals surface area contributed by atoms with Gasteiger partial charge in [-0.25, -0.2) is 4.57 Å². The zero-order chi connectivity index (χ0) is 36.1. The van der Waals surface area contributed by atoms with Crippen LogP contribution >= 0.6 is 7.82 Å². The summed E-state index contributed by atoms with van der Waals surface area (Å²) in [5.41, 5.74) is 0. The van der Waals surface area contributed by atoms with Gasteiger partial charge in [-0.2, -0.15) is 0 Å². The van der Waals surface area contributed by atoms with Crippen molar-refractivity contribution in [3.63, 3.8) is 0 Å². The molecule has 0 spiro atoms. The Hall–Kier alpha value is -0.990. The van der Waals surface area contributed by atoms with E-state index in [4.69, 9.17) is 13.8 Å². The first kappa shape index (κ1) is 48.0. The SMILES string of the molecule is CCCCCCCCCCCCCCCCCCCCCCCCCC(=O)NCCOP(=O)(O)OCC(O)COC(=O)CCCCCCC. The molecular formula is C39H78NO8P. The standard InChI is InChI=1S/C39H78NO8P/c1-3-5-7-9-10-11-12-13-14-15-16-17-18-19-20-21-22-23-24-25-26-28-29-31-38(42)40-33-34-47-49(44,45)48-36-37(41)35-46-39(43)32-30-27-8-6-4-2/h37,41H,3-36H2,1-2H3,(H,40,42)(H,44,45). The molecule has 0 bridgehead atoms. The smallest absolute Gasteiger partial charge is 0.463 e. The largest absolute Gasteiger partial charge is 0.472 e. The summed E-state index contributed by atoms with van der Waals surface area (Å²) in [7, 11) is -4.39. The van der Waals surface area contributed by atoms with Gasteiger partial charge in [0.2, 0.25) is 5.91 Å². The van der Waals surface area contributed by atoms with Gasteiger partial charge in [-0.3, -0.25) is 18.6 Å². The average molecular weight is 720 g/mol. The summed E-state index contributed by atoms with van der Waals surface area (Å²) >= 11 is 0. The number of carbonyl (C=O) groups is 2. The molecule has 2 atom stereocenters. The summed E-state index contributed by atoms with van der Waals surface area (Å²) in [4.78, 5) is 33.5. The highest BCUT2D eigenvalue weighted by molar-refractivity contribution is 7.47. The summed E-state index contributed by atoms with van der Waals surface area (Å²) < 4.78 is 26.6. The first-order valence-corrected chi connectivity index (χ1v) is 22.0. The molecule has 1 amide bonds. The molecule has 3 N–H and O–H groups in total. The summed E-state index contributed by atoms with van der Waals surface area (Å²) in [6.07, 6.45) is 35.2. The normalized spacial score (nSPS) is 13.3. The van der Waals surface area contributed by atoms with Crippen LogP contribution in [0.15, 0.2) is 0 Å². The van der Waals surface area contributed by atoms with E-state index in [1.54, 1.807) is 0 Å². The molecule has 292 valence electrons. The lowest BCUT2D eigenvalue weighted by atomic mass is 10.0. The molecule has 0 fully saturated rings. The zero-order valence-electron chi connectivity index (χ0n) is 31.9. The molecule has 0 aromatic heterocycles. The molecule has 0 radical (unpaired) electrons. The van der Waals surface area contributed by atoms with Crippen LogP contribution in [0.25, 0.3) is 0 Å². The average Bonchev–Trinajstić information content (AvgIpc) is 3.08. The van der Waals surface area contributed by atoms with E-state index in [0.29, 0.717) is 6.42 Å². The highest BCUT2D eigenvalue weighted by Gasteiger charge is 2.23. The van der Waals surface area contributed by atoms with Crippen molar-refractivity contribution in [2.45, 2.75) is 213 Å². The number of aliphatic hydroxyl groups excluding tert-OH is 1. The maximum atomic E-state index is 12.0. The lowest BCUT2D eigenvalue weighted by Gasteiger charge is -2.15. The topological polar surface area (TPSA) is 131 Å². The maximum Gasteiger partial charge on any atom is 0.472 e. The third-order valence-corrected chi connectivity index (χ3v) is 10.0. The van der Waals surface area contributed by atoms with Crippen molar-refractivity contribution in [3.05, 3.63) is 0 Å². The van der Waals surface area contributed by atoms with Crippen molar-refractivity contribution in [2.75, 3.05) is 26.4 Å². The number of amides is 1. The van der Waals surface area contributed by atoms with Gasteiger partial charge in [-0.05, 0) is 12.8 Å². The Morgan fingerprint density at radius 3 is 1.33 bits per heavy atom. The van der Waals surface area contributed by atoms with Crippen molar-refractivity contribution in [1.29, 1.82) is 0 Å². The summed E-state index contributed by atoms with van der Waals surface area (Å²) in [5.74, 6) is -0.519. The quantitative estimate of drug-likeness (QED) is 0.0325. The number of rotatable bonds is 39. The highest BCUT2D eigenvalue weighted by Crippen LogP contribution is 2.42. The number of ether oxygens (including phenoxy) is 1. The monoisotopic (exact) mass is 720 g/mol. The zero-order valence-corrected chi connectivity index (χ0v) is 32.8. The van der Waals surface area contributed by atoms with Crippen LogP contribution in [0.3, 0.4) is 0 Å². The number of phosphoric ester groups is 1. The van der Waals surface area contributed by atoms with Gasteiger partial charge >= 0.3 is 13.8 Å². The Balaban J connectivity index is 3.45. The molecule has 0 aliphatic heterocycles. The van der Waals surface area contributed by atoms with Crippen molar-refractivity contribution in [3.8, 4) is 0 Å². The van der Waals surface area contributed by atoms with Gasteiger partial charge in [0.1, 0.15) is 12.7 Å². The van der Waals surface area contributed by atoms with E-state index in [0.717, 1.165) is 51.4 Å². The second-order valence-corrected chi connectivity index (χ2v) is 15.4. The Morgan fingerprint density at radius 2 is 0.918 bits per heavy atom. The highest BCUT2D eigenvalue weighted by atomic mass is 31.2. The number of unbranched alkanes of at least 4 members (excludes halogenated alkanes) is 26. The van der Waals surface area contributed by atoms with Gasteiger partial charge in [-0.15, -0.1) is 0 Å². The van der Waals surface area contributed by atoms with Crippen LogP contribution in [0.5, 0.6) is 0 Å². The summed E-state index contributed by atoms with van der Waals surface area (Å²) in [5, 5.41) is 12.6. The number of esters is 1. The Bertz CT molecular complexity index is 784. The minimum atomic E-state index is -4.39. The van der Waals surface area contributed by atoms with Crippen LogP contribution < -0.4 is 5.32 Å². The number of aliphatic hydroxyl groups is 1. The fourth-order valence-electron chi connectivity index (χ4n) is 5.91. The van der Waals surface area contributed by atoms with Crippen molar-refractivity contribution in [2.24, 2.45) is 0 Å². The number of hydrogen-bond acceptors (Lipinski definition) is 7. The predicted octanol–water partition coefficient (Wildman–Crippen LogP) is 10.9. The van der Waals surface area contributed by atoms with Gasteiger partial charge in [0, 0.05) is 19.4 Å². The molecule has 0 aliphatic rings. The molecule has 2 unspecified atom stereocenters. The van der Waals surface area contributed by atoms with Crippen LogP contribution in [-0.4, -0.2) is 54.3 Å². The molecular weight excluding hydrogens is 641 g/mol. The van der Waals surface area contributed by atoms with E-state index in [-0.39, 0.29) is 32.1 Å². The van der Waals surface area contributed by atoms with Crippen LogP contribution in [0.4, 0.5) is 0 Å². The molecule has 0 saturated carbocycles. The molecule has 0 aromatic rings. The van der Waals surface area contributed by atoms with Crippen molar-refractivity contribution >= 4 is 19.7 Å². The fraction of sp³-hybridized carbons (Fsp3) is 0.949. The molecule has 10 heteroatoms. The van der Waals surface area contributed by atoms with E-state index in [1.807, 2.05) is 0 Å². The van der Waals surface area contributed by atoms with Gasteiger partial charge in [0.25, 0.3) is 0 Å². The Morgan fingerprint density at radius 1 is 0.551 bits per heavy atom. The minimum Gasteiger partial charge on any atom is -0.463 e. The summed E-state index contributed by atoms with van der Waals surface area (Å²) in [6, 6.07) is 0. The lowest BCUT2D eigenvalue weighted by molar-refractivity contribution is -0.147. The Kier molecular flexibility index (Phi) is 36.0. The van der Waals surface area contributed by atoms with Crippen molar-refractivity contribution in [1.82, 2.24) is 5.32 Å². The van der Waals surface area contributed by atoms with Crippen LogP contribution in [0.1, 0.15) is 206 Å². The molecule has 0 rings (SSSR count). The third-order valence-electron chi connectivity index (χ3n) is 9.04. The molecule has 0 heterocycles. The second kappa shape index (κ2) is 36.8. The third kappa shape index (κ3) is 38.1. The number of carbonyl (C=O) groups excluding carboxylic acids is 2. The van der Waals surface area contributed by atoms with Crippen LogP contribution in [0, 0.1) is 0 Å². The van der Waals surface area contributed by atoms with Gasteiger partial charge < -0.3 is 20.1 Å². The molecule has 0 saturated heterocycles. The minimum absolute atomic E-state index is 0.0878. The van der Waals surface area contributed by atoms with Gasteiger partial charge in [0.05, 0.1) is 13.2 Å². The van der Waals surface area contributed by atoms with Crippen molar-refractivity contribution < 1.29 is 37.9 Å². The second-order valence-electron chi connectivity index (χ2n) is 14.0. The molecule has 0 aromatic carbocycles. The van der Waals surface area contributed by atoms with E-state index >= 15 is 0 Å². The van der Waals surface area contributed by atoms with E-state index in [1.165, 1.54) is 128 Å². The van der Waals surface area contributed by atoms with E-state index < -0.39 is 26.5 Å². The number of nitrogens with one attached hydrogen (secondary N) is 1. The maximum absolute atomic E-state index is 12.0. The van der Waals surface area contributed by atoms with Gasteiger partial charge in [-0.1, -0.05) is 181 Å². The predicted molar refractivity (Wildman–Crippen MR) is 202 cm³/mol. The fourth-order valence-corrected chi connectivity index (χ4v) is 6.67. The molecule has 49 heavy (non-hydrogen) atoms. The van der Waals surface area contributed by atoms with Gasteiger partial charge in [0.15, 0.2) is 0 Å². The first-order valence-electron chi connectivity index (χ1n) is 20.5. The molecule has 0 aliphatic carbocycles. The van der Waals surface area contributed by atoms with Crippen LogP contribution in [-0.2, 0) is 27.9 Å². The number of hydrogen-bond donors (Lipinski definition) is 3. The van der Waals surface area contributed by atoms with Crippen LogP contribution in [0.2, 0.25) is 0 Å². The number of phosphoric acid groups is 1. The Labute approximate surface area is 301 Å². The molecule has 9 nitrogen and oxygen atoms in total. The first-order chi connectivity index (χ1) is 23.8. The lowest BCUT2D eigenvalue weighted by Crippen LogP contribution is -2.27. The van der Waals surface area contributed by atoms with E-state index in [2.05, 4.69) is 19.2 Å². The summed E-state index contributed by atoms with van der Waals surface area (Å²) in [6.45, 7) is 3.47. The van der Waals surface area contributed by atoms with E-state index in [9.17, 15) is 24.2 Å².